The van der Waals surface area contributed by atoms with Gasteiger partial charge < -0.3 is 31.2 Å². The number of fused-ring (bicyclic) bond motifs is 2. The number of hydrogen-bond donors (Lipinski definition) is 0. The Bertz CT molecular complexity index is 874. The molecule has 2 heterocycles. The van der Waals surface area contributed by atoms with Gasteiger partial charge in [-0.3, -0.25) is 0 Å². The molecule has 0 radical (unpaired) electrons. The van der Waals surface area contributed by atoms with Crippen molar-refractivity contribution >= 4 is 12.2 Å². The number of rotatable bonds is 4. The molecular weight excluding hydrogens is 410 g/mol. The largest absolute Gasteiger partial charge is 1.00 e. The lowest BCUT2D eigenvalue weighted by Gasteiger charge is -2.13. The third kappa shape index (κ3) is 4.33. The van der Waals surface area contributed by atoms with Gasteiger partial charge in [0.15, 0.2) is 24.3 Å². The SMILES string of the molecule is CC(C)OC(=O)c1ccc(C[N+]2=Cc3cc4c(cc3CC2)OCO4)cc1.[Br-]. The summed E-state index contributed by atoms with van der Waals surface area (Å²) >= 11 is 0. The van der Waals surface area contributed by atoms with E-state index in [1.54, 1.807) is 0 Å². The van der Waals surface area contributed by atoms with Crippen LogP contribution in [0.4, 0.5) is 0 Å². The summed E-state index contributed by atoms with van der Waals surface area (Å²) in [5, 5.41) is 0. The Kier molecular flexibility index (Phi) is 5.85. The third-order valence-corrected chi connectivity index (χ3v) is 4.54. The van der Waals surface area contributed by atoms with Crippen molar-refractivity contribution in [1.82, 2.24) is 0 Å². The highest BCUT2D eigenvalue weighted by Gasteiger charge is 2.22. The highest BCUT2D eigenvalue weighted by molar-refractivity contribution is 5.89. The zero-order valence-electron chi connectivity index (χ0n) is 15.4. The minimum atomic E-state index is -0.277. The minimum Gasteiger partial charge on any atom is -1.00 e. The molecule has 2 aromatic carbocycles. The maximum atomic E-state index is 11.9. The second-order valence-electron chi connectivity index (χ2n) is 6.90. The fraction of sp³-hybridized carbons (Fsp3) is 0.333. The maximum Gasteiger partial charge on any atom is 0.338 e. The van der Waals surface area contributed by atoms with E-state index in [0.717, 1.165) is 36.6 Å². The van der Waals surface area contributed by atoms with Gasteiger partial charge in [-0.1, -0.05) is 12.1 Å². The number of halogens is 1. The Hall–Kier alpha value is -2.34. The molecule has 5 nitrogen and oxygen atoms in total. The van der Waals surface area contributed by atoms with Crippen LogP contribution in [0.25, 0.3) is 0 Å². The second-order valence-corrected chi connectivity index (χ2v) is 6.90. The molecule has 142 valence electrons. The molecule has 0 aliphatic carbocycles. The molecule has 0 spiro atoms. The van der Waals surface area contributed by atoms with Gasteiger partial charge in [-0.2, -0.15) is 0 Å². The van der Waals surface area contributed by atoms with Crippen LogP contribution in [0.2, 0.25) is 0 Å². The van der Waals surface area contributed by atoms with Gasteiger partial charge in [0.1, 0.15) is 6.54 Å². The Balaban J connectivity index is 0.00000210. The summed E-state index contributed by atoms with van der Waals surface area (Å²) in [6.07, 6.45) is 3.03. The first-order valence-electron chi connectivity index (χ1n) is 8.90. The van der Waals surface area contributed by atoms with Gasteiger partial charge in [-0.25, -0.2) is 9.37 Å². The molecule has 2 aliphatic rings. The molecule has 0 fully saturated rings. The summed E-state index contributed by atoms with van der Waals surface area (Å²) in [6.45, 7) is 5.75. The van der Waals surface area contributed by atoms with Crippen molar-refractivity contribution in [1.29, 1.82) is 0 Å². The van der Waals surface area contributed by atoms with E-state index in [4.69, 9.17) is 14.2 Å². The number of hydrogen-bond acceptors (Lipinski definition) is 4. The summed E-state index contributed by atoms with van der Waals surface area (Å²) in [5.74, 6) is 1.38. The van der Waals surface area contributed by atoms with Crippen molar-refractivity contribution in [2.24, 2.45) is 0 Å². The Morgan fingerprint density at radius 1 is 1.15 bits per heavy atom. The summed E-state index contributed by atoms with van der Waals surface area (Å²) in [5.41, 5.74) is 4.21. The van der Waals surface area contributed by atoms with E-state index in [1.165, 1.54) is 11.1 Å². The first-order valence-corrected chi connectivity index (χ1v) is 8.90. The van der Waals surface area contributed by atoms with E-state index in [-0.39, 0.29) is 29.1 Å². The van der Waals surface area contributed by atoms with Crippen LogP contribution in [0.15, 0.2) is 36.4 Å². The molecule has 6 heteroatoms. The van der Waals surface area contributed by atoms with E-state index >= 15 is 0 Å². The van der Waals surface area contributed by atoms with Crippen LogP contribution >= 0.6 is 0 Å². The summed E-state index contributed by atoms with van der Waals surface area (Å²) in [6, 6.07) is 11.8. The van der Waals surface area contributed by atoms with Crippen molar-refractivity contribution in [3.05, 3.63) is 58.7 Å². The highest BCUT2D eigenvalue weighted by Crippen LogP contribution is 2.35. The van der Waals surface area contributed by atoms with E-state index in [2.05, 4.69) is 22.9 Å². The Morgan fingerprint density at radius 2 is 1.85 bits per heavy atom. The Labute approximate surface area is 169 Å². The highest BCUT2D eigenvalue weighted by atomic mass is 79.9. The van der Waals surface area contributed by atoms with Crippen LogP contribution in [-0.2, 0) is 17.7 Å². The molecule has 0 saturated carbocycles. The number of carbonyl (C=O) groups is 1. The van der Waals surface area contributed by atoms with Gasteiger partial charge in [0.25, 0.3) is 0 Å². The molecule has 0 bridgehead atoms. The quantitative estimate of drug-likeness (QED) is 0.511. The molecule has 0 saturated heterocycles. The lowest BCUT2D eigenvalue weighted by atomic mass is 10.0. The zero-order chi connectivity index (χ0) is 18.1. The molecule has 0 aromatic heterocycles. The summed E-state index contributed by atoms with van der Waals surface area (Å²) in [4.78, 5) is 11.9. The minimum absolute atomic E-state index is 0. The number of carbonyl (C=O) groups excluding carboxylic acids is 1. The molecule has 0 N–H and O–H groups in total. The van der Waals surface area contributed by atoms with Gasteiger partial charge in [-0.15, -0.1) is 0 Å². The predicted octanol–water partition coefficient (Wildman–Crippen LogP) is 0.172. The molecule has 4 rings (SSSR count). The van der Waals surface area contributed by atoms with Crippen LogP contribution < -0.4 is 26.5 Å². The number of nitrogens with zero attached hydrogens (tertiary/aromatic N) is 1. The third-order valence-electron chi connectivity index (χ3n) is 4.54. The van der Waals surface area contributed by atoms with Crippen LogP contribution in [0.3, 0.4) is 0 Å². The van der Waals surface area contributed by atoms with Gasteiger partial charge in [0, 0.05) is 17.5 Å². The normalized spacial score (nSPS) is 14.3. The van der Waals surface area contributed by atoms with E-state index < -0.39 is 0 Å². The van der Waals surface area contributed by atoms with Gasteiger partial charge >= 0.3 is 5.97 Å². The molecule has 2 aromatic rings. The first kappa shape index (κ1) is 19.4. The number of benzene rings is 2. The molecule has 0 atom stereocenters. The smallest absolute Gasteiger partial charge is 0.338 e. The topological polar surface area (TPSA) is 47.8 Å². The van der Waals surface area contributed by atoms with Gasteiger partial charge in [0.05, 0.1) is 11.7 Å². The van der Waals surface area contributed by atoms with Crippen molar-refractivity contribution in [2.45, 2.75) is 32.9 Å². The zero-order valence-corrected chi connectivity index (χ0v) is 17.0. The fourth-order valence-corrected chi connectivity index (χ4v) is 3.25. The lowest BCUT2D eigenvalue weighted by Crippen LogP contribution is -3.00. The average Bonchev–Trinajstić information content (AvgIpc) is 3.07. The predicted molar refractivity (Wildman–Crippen MR) is 97.3 cm³/mol. The molecular formula is C21H22BrNO4. The number of ether oxygens (including phenoxy) is 3. The standard InChI is InChI=1S/C21H22NO4.BrH/c1-14(2)26-21(23)16-5-3-15(4-6-16)11-22-8-7-17-9-19-20(25-13-24-19)10-18(17)12-22;/h3-6,9-10,12,14H,7-8,11,13H2,1-2H3;1H/q+1;/p-1. The van der Waals surface area contributed by atoms with Crippen LogP contribution in [0.5, 0.6) is 11.5 Å². The molecule has 2 aliphatic heterocycles. The van der Waals surface area contributed by atoms with E-state index in [0.29, 0.717) is 12.4 Å². The number of esters is 1. The van der Waals surface area contributed by atoms with Crippen LogP contribution in [0, 0.1) is 0 Å². The molecule has 0 amide bonds. The van der Waals surface area contributed by atoms with Crippen LogP contribution in [0.1, 0.15) is 40.9 Å². The first-order chi connectivity index (χ1) is 12.6. The van der Waals surface area contributed by atoms with Gasteiger partial charge in [-0.05, 0) is 43.7 Å². The summed E-state index contributed by atoms with van der Waals surface area (Å²) in [7, 11) is 0. The van der Waals surface area contributed by atoms with Crippen molar-refractivity contribution in [3.63, 3.8) is 0 Å². The van der Waals surface area contributed by atoms with Crippen LogP contribution in [-0.4, -0.2) is 36.2 Å². The second kappa shape index (κ2) is 8.13. The monoisotopic (exact) mass is 431 g/mol. The van der Waals surface area contributed by atoms with E-state index in [9.17, 15) is 4.79 Å². The van der Waals surface area contributed by atoms with Crippen molar-refractivity contribution < 1.29 is 40.6 Å². The summed E-state index contributed by atoms with van der Waals surface area (Å²) < 4.78 is 18.4. The van der Waals surface area contributed by atoms with Crippen molar-refractivity contribution in [3.8, 4) is 11.5 Å². The molecule has 0 unspecified atom stereocenters. The fourth-order valence-electron chi connectivity index (χ4n) is 3.25. The molecule has 27 heavy (non-hydrogen) atoms. The lowest BCUT2D eigenvalue weighted by molar-refractivity contribution is -0.540. The van der Waals surface area contributed by atoms with Gasteiger partial charge in [0.2, 0.25) is 6.79 Å². The van der Waals surface area contributed by atoms with E-state index in [1.807, 2.05) is 38.1 Å². The maximum absolute atomic E-state index is 11.9. The Morgan fingerprint density at radius 3 is 2.56 bits per heavy atom. The average molecular weight is 432 g/mol. The van der Waals surface area contributed by atoms with Crippen molar-refractivity contribution in [2.75, 3.05) is 13.3 Å².